The van der Waals surface area contributed by atoms with E-state index in [4.69, 9.17) is 4.74 Å². The number of ether oxygens (including phenoxy) is 1. The zero-order chi connectivity index (χ0) is 18.6. The van der Waals surface area contributed by atoms with Gasteiger partial charge in [0.05, 0.1) is 25.8 Å². The molecule has 0 unspecified atom stereocenters. The molecule has 3 heterocycles. The number of likely N-dealkylation sites (tertiary alicyclic amines) is 1. The zero-order valence-corrected chi connectivity index (χ0v) is 15.9. The molecular weight excluding hydrogens is 342 g/mol. The number of carbonyl (C=O) groups excluding carboxylic acids is 2. The molecule has 27 heavy (non-hydrogen) atoms. The Labute approximate surface area is 161 Å². The van der Waals surface area contributed by atoms with E-state index >= 15 is 0 Å². The molecule has 0 radical (unpaired) electrons. The monoisotopic (exact) mass is 371 g/mol. The maximum Gasteiger partial charge on any atom is 0.242 e. The minimum atomic E-state index is 0.0793. The third kappa shape index (κ3) is 4.50. The normalized spacial score (nSPS) is 26.3. The van der Waals surface area contributed by atoms with E-state index in [9.17, 15) is 9.59 Å². The molecule has 0 spiro atoms. The number of amides is 2. The number of carbonyl (C=O) groups is 2. The molecule has 0 saturated carbocycles. The standard InChI is InChI=1S/C21H29N3O3/c25-20-7-4-9-23(20)14-21(26)24-12-18-11-22(13-19(24)16-27-15-18)10-8-17-5-2-1-3-6-17/h1-3,5-6,18-19H,4,7-16H2/t18-,19-/m0/s1. The minimum absolute atomic E-state index is 0.0793. The SMILES string of the molecule is O=C1CCCN1CC(=O)N1C[C@H]2COC[C@@H]1CN(CCc1ccccc1)C2. The number of rotatable bonds is 5. The Morgan fingerprint density at radius 2 is 1.96 bits per heavy atom. The molecular formula is C21H29N3O3. The van der Waals surface area contributed by atoms with E-state index in [-0.39, 0.29) is 24.4 Å². The van der Waals surface area contributed by atoms with Crippen LogP contribution in [-0.2, 0) is 20.7 Å². The third-order valence-electron chi connectivity index (χ3n) is 5.92. The first-order chi connectivity index (χ1) is 13.2. The van der Waals surface area contributed by atoms with Gasteiger partial charge < -0.3 is 19.4 Å². The molecule has 0 aliphatic carbocycles. The van der Waals surface area contributed by atoms with Gasteiger partial charge >= 0.3 is 0 Å². The van der Waals surface area contributed by atoms with E-state index in [2.05, 4.69) is 29.2 Å². The summed E-state index contributed by atoms with van der Waals surface area (Å²) in [6.45, 7) is 5.82. The van der Waals surface area contributed by atoms with Crippen molar-refractivity contribution in [3.05, 3.63) is 35.9 Å². The van der Waals surface area contributed by atoms with E-state index in [1.165, 1.54) is 5.56 Å². The van der Waals surface area contributed by atoms with Gasteiger partial charge in [0.1, 0.15) is 0 Å². The molecule has 1 aromatic carbocycles. The van der Waals surface area contributed by atoms with Crippen LogP contribution in [0.2, 0.25) is 0 Å². The summed E-state index contributed by atoms with van der Waals surface area (Å²) >= 11 is 0. The fourth-order valence-electron chi connectivity index (χ4n) is 4.49. The predicted octanol–water partition coefficient (Wildman–Crippen LogP) is 1.01. The highest BCUT2D eigenvalue weighted by Crippen LogP contribution is 2.21. The van der Waals surface area contributed by atoms with Gasteiger partial charge in [0.15, 0.2) is 0 Å². The summed E-state index contributed by atoms with van der Waals surface area (Å²) in [5.74, 6) is 0.532. The third-order valence-corrected chi connectivity index (χ3v) is 5.92. The second kappa shape index (κ2) is 8.40. The van der Waals surface area contributed by atoms with Crippen molar-refractivity contribution in [2.45, 2.75) is 25.3 Å². The Bertz CT molecular complexity index is 666. The quantitative estimate of drug-likeness (QED) is 0.775. The fourth-order valence-corrected chi connectivity index (χ4v) is 4.49. The van der Waals surface area contributed by atoms with E-state index in [0.29, 0.717) is 32.1 Å². The molecule has 0 N–H and O–H groups in total. The van der Waals surface area contributed by atoms with Gasteiger partial charge in [0.2, 0.25) is 11.8 Å². The second-order valence-corrected chi connectivity index (χ2v) is 8.02. The van der Waals surface area contributed by atoms with Crippen LogP contribution in [0.1, 0.15) is 18.4 Å². The van der Waals surface area contributed by atoms with Gasteiger partial charge in [-0.25, -0.2) is 0 Å². The van der Waals surface area contributed by atoms with E-state index < -0.39 is 0 Å². The topological polar surface area (TPSA) is 53.1 Å². The summed E-state index contributed by atoms with van der Waals surface area (Å²) < 4.78 is 5.84. The first-order valence-corrected chi connectivity index (χ1v) is 10.1. The highest BCUT2D eigenvalue weighted by molar-refractivity contribution is 5.86. The van der Waals surface area contributed by atoms with E-state index in [1.54, 1.807) is 4.90 Å². The number of nitrogens with zero attached hydrogens (tertiary/aromatic N) is 3. The van der Waals surface area contributed by atoms with Crippen molar-refractivity contribution >= 4 is 11.8 Å². The number of hydrogen-bond donors (Lipinski definition) is 0. The van der Waals surface area contributed by atoms with Gasteiger partial charge in [-0.2, -0.15) is 0 Å². The summed E-state index contributed by atoms with van der Waals surface area (Å²) in [6.07, 6.45) is 2.47. The molecule has 6 nitrogen and oxygen atoms in total. The molecule has 0 aromatic heterocycles. The van der Waals surface area contributed by atoms with Crippen molar-refractivity contribution in [3.63, 3.8) is 0 Å². The smallest absolute Gasteiger partial charge is 0.242 e. The largest absolute Gasteiger partial charge is 0.379 e. The van der Waals surface area contributed by atoms with Crippen molar-refractivity contribution < 1.29 is 14.3 Å². The maximum absolute atomic E-state index is 12.9. The van der Waals surface area contributed by atoms with Crippen LogP contribution < -0.4 is 0 Å². The van der Waals surface area contributed by atoms with Gasteiger partial charge in [-0.3, -0.25) is 9.59 Å². The summed E-state index contributed by atoms with van der Waals surface area (Å²) in [5, 5.41) is 0. The van der Waals surface area contributed by atoms with Crippen LogP contribution in [0.15, 0.2) is 30.3 Å². The summed E-state index contributed by atoms with van der Waals surface area (Å²) in [6, 6.07) is 10.6. The average molecular weight is 371 g/mol. The molecule has 3 aliphatic heterocycles. The lowest BCUT2D eigenvalue weighted by Gasteiger charge is -2.32. The van der Waals surface area contributed by atoms with Gasteiger partial charge in [-0.1, -0.05) is 30.3 Å². The summed E-state index contributed by atoms with van der Waals surface area (Å²) in [5.41, 5.74) is 1.35. The minimum Gasteiger partial charge on any atom is -0.379 e. The Morgan fingerprint density at radius 3 is 2.74 bits per heavy atom. The van der Waals surface area contributed by atoms with Crippen LogP contribution in [-0.4, -0.2) is 85.0 Å². The van der Waals surface area contributed by atoms with Crippen LogP contribution in [0.5, 0.6) is 0 Å². The van der Waals surface area contributed by atoms with Crippen LogP contribution in [0.3, 0.4) is 0 Å². The van der Waals surface area contributed by atoms with Crippen molar-refractivity contribution in [2.75, 3.05) is 52.5 Å². The van der Waals surface area contributed by atoms with Crippen molar-refractivity contribution in [2.24, 2.45) is 5.92 Å². The first-order valence-electron chi connectivity index (χ1n) is 10.1. The van der Waals surface area contributed by atoms with Crippen LogP contribution in [0.4, 0.5) is 0 Å². The van der Waals surface area contributed by atoms with Crippen molar-refractivity contribution in [1.82, 2.24) is 14.7 Å². The summed E-state index contributed by atoms with van der Waals surface area (Å²) in [4.78, 5) is 31.0. The Kier molecular flexibility index (Phi) is 5.74. The fraction of sp³-hybridized carbons (Fsp3) is 0.619. The summed E-state index contributed by atoms with van der Waals surface area (Å²) in [7, 11) is 0. The molecule has 4 rings (SSSR count). The molecule has 2 bridgehead atoms. The molecule has 146 valence electrons. The Hall–Kier alpha value is -1.92. The van der Waals surface area contributed by atoms with Gasteiger partial charge in [-0.05, 0) is 18.4 Å². The molecule has 3 aliphatic rings. The Balaban J connectivity index is 1.39. The Morgan fingerprint density at radius 1 is 1.11 bits per heavy atom. The molecule has 1 aromatic rings. The zero-order valence-electron chi connectivity index (χ0n) is 15.9. The van der Waals surface area contributed by atoms with Gasteiger partial charge in [0.25, 0.3) is 0 Å². The number of hydrogen-bond acceptors (Lipinski definition) is 4. The second-order valence-electron chi connectivity index (χ2n) is 8.02. The first kappa shape index (κ1) is 18.4. The average Bonchev–Trinajstić information content (AvgIpc) is 2.87. The van der Waals surface area contributed by atoms with Gasteiger partial charge in [-0.15, -0.1) is 0 Å². The lowest BCUT2D eigenvalue weighted by molar-refractivity contribution is -0.140. The molecule has 2 atom stereocenters. The molecule has 2 amide bonds. The van der Waals surface area contributed by atoms with E-state index in [0.717, 1.165) is 39.0 Å². The van der Waals surface area contributed by atoms with Crippen LogP contribution in [0, 0.1) is 5.92 Å². The number of fused-ring (bicyclic) bond motifs is 3. The highest BCUT2D eigenvalue weighted by Gasteiger charge is 2.36. The lowest BCUT2D eigenvalue weighted by atomic mass is 10.1. The van der Waals surface area contributed by atoms with E-state index in [1.807, 2.05) is 11.0 Å². The maximum atomic E-state index is 12.9. The van der Waals surface area contributed by atoms with Crippen molar-refractivity contribution in [3.8, 4) is 0 Å². The predicted molar refractivity (Wildman–Crippen MR) is 102 cm³/mol. The van der Waals surface area contributed by atoms with Gasteiger partial charge in [0, 0.05) is 45.1 Å². The van der Waals surface area contributed by atoms with Crippen molar-refractivity contribution in [1.29, 1.82) is 0 Å². The molecule has 6 heteroatoms. The van der Waals surface area contributed by atoms with Crippen LogP contribution in [0.25, 0.3) is 0 Å². The molecule has 3 fully saturated rings. The highest BCUT2D eigenvalue weighted by atomic mass is 16.5. The molecule has 3 saturated heterocycles. The van der Waals surface area contributed by atoms with Crippen LogP contribution >= 0.6 is 0 Å². The number of benzene rings is 1. The lowest BCUT2D eigenvalue weighted by Crippen LogP contribution is -2.50.